The third kappa shape index (κ3) is 4.01. The van der Waals surface area contributed by atoms with Gasteiger partial charge >= 0.3 is 0 Å². The van der Waals surface area contributed by atoms with Crippen molar-refractivity contribution in [1.29, 1.82) is 0 Å². The number of rotatable bonds is 4. The smallest absolute Gasteiger partial charge is 0.184 e. The van der Waals surface area contributed by atoms with Crippen molar-refractivity contribution in [2.75, 3.05) is 13.2 Å². The van der Waals surface area contributed by atoms with E-state index in [0.717, 1.165) is 17.6 Å². The average Bonchev–Trinajstić information content (AvgIpc) is 2.73. The van der Waals surface area contributed by atoms with Crippen LogP contribution in [-0.2, 0) is 18.9 Å². The Hall–Kier alpha value is -1.54. The van der Waals surface area contributed by atoms with E-state index in [9.17, 15) is 10.2 Å². The summed E-state index contributed by atoms with van der Waals surface area (Å²) >= 11 is 0. The number of aliphatic hydroxyl groups excluding tert-OH is 2. The van der Waals surface area contributed by atoms with Crippen LogP contribution in [0.15, 0.2) is 54.1 Å². The van der Waals surface area contributed by atoms with Crippen molar-refractivity contribution in [2.45, 2.75) is 50.3 Å². The minimum atomic E-state index is -1.06. The van der Waals surface area contributed by atoms with Crippen LogP contribution in [0.4, 0.5) is 0 Å². The maximum atomic E-state index is 10.3. The van der Waals surface area contributed by atoms with Crippen LogP contribution in [0.1, 0.15) is 25.2 Å². The van der Waals surface area contributed by atoms with Gasteiger partial charge in [0.25, 0.3) is 0 Å². The molecule has 0 spiro atoms. The molecule has 2 fully saturated rings. The predicted octanol–water partition coefficient (Wildman–Crippen LogP) is 2.09. The van der Waals surface area contributed by atoms with E-state index in [2.05, 4.69) is 19.1 Å². The molecule has 4 rings (SSSR count). The molecule has 1 aliphatic carbocycles. The molecule has 1 aromatic rings. The quantitative estimate of drug-likeness (QED) is 0.840. The molecule has 0 saturated carbocycles. The molecule has 6 heteroatoms. The lowest BCUT2D eigenvalue weighted by molar-refractivity contribution is -0.362. The van der Waals surface area contributed by atoms with Gasteiger partial charge in [-0.25, -0.2) is 0 Å². The van der Waals surface area contributed by atoms with Crippen LogP contribution in [-0.4, -0.2) is 54.1 Å². The summed E-state index contributed by atoms with van der Waals surface area (Å²) in [5.41, 5.74) is 1.81. The van der Waals surface area contributed by atoms with Gasteiger partial charge in [0.15, 0.2) is 12.6 Å². The van der Waals surface area contributed by atoms with Gasteiger partial charge in [-0.05, 0) is 12.3 Å². The highest BCUT2D eigenvalue weighted by Gasteiger charge is 2.48. The van der Waals surface area contributed by atoms with Crippen LogP contribution < -0.4 is 0 Å². The summed E-state index contributed by atoms with van der Waals surface area (Å²) in [4.78, 5) is 0. The minimum absolute atomic E-state index is 0.326. The molecule has 0 radical (unpaired) electrons. The van der Waals surface area contributed by atoms with Crippen molar-refractivity contribution < 1.29 is 29.2 Å². The molecule has 0 aromatic heterocycles. The van der Waals surface area contributed by atoms with Gasteiger partial charge in [0.05, 0.1) is 13.2 Å². The summed E-state index contributed by atoms with van der Waals surface area (Å²) in [6.07, 6.45) is 3.27. The average molecular weight is 374 g/mol. The van der Waals surface area contributed by atoms with Crippen molar-refractivity contribution in [3.05, 3.63) is 59.7 Å². The Morgan fingerprint density at radius 3 is 2.63 bits per heavy atom. The van der Waals surface area contributed by atoms with E-state index in [1.54, 1.807) is 0 Å². The summed E-state index contributed by atoms with van der Waals surface area (Å²) in [5.74, 6) is 0.483. The first-order valence-corrected chi connectivity index (χ1v) is 9.46. The van der Waals surface area contributed by atoms with E-state index in [0.29, 0.717) is 12.5 Å². The highest BCUT2D eigenvalue weighted by atomic mass is 16.8. The second-order valence-corrected chi connectivity index (χ2v) is 7.31. The van der Waals surface area contributed by atoms with Crippen molar-refractivity contribution >= 4 is 0 Å². The molecule has 1 aromatic carbocycles. The predicted molar refractivity (Wildman–Crippen MR) is 97.6 cm³/mol. The van der Waals surface area contributed by atoms with Crippen molar-refractivity contribution in [2.24, 2.45) is 5.92 Å². The number of hydrogen-bond acceptors (Lipinski definition) is 6. The van der Waals surface area contributed by atoms with Crippen LogP contribution >= 0.6 is 0 Å². The van der Waals surface area contributed by atoms with Crippen LogP contribution in [0.3, 0.4) is 0 Å². The largest absolute Gasteiger partial charge is 0.394 e. The second kappa shape index (κ2) is 8.22. The molecule has 6 nitrogen and oxygen atoms in total. The Morgan fingerprint density at radius 2 is 1.93 bits per heavy atom. The zero-order chi connectivity index (χ0) is 18.8. The van der Waals surface area contributed by atoms with Crippen LogP contribution in [0, 0.1) is 5.92 Å². The zero-order valence-electron chi connectivity index (χ0n) is 15.3. The SMILES string of the molecule is C[C@@H]1C=CC(C2O[C@H]([C@H](O)CO)[C@@H]3OC(c4ccccc4)OC[C@@H]3O2)=CC1. The molecule has 2 N–H and O–H groups in total. The number of aliphatic hydroxyl groups is 2. The molecule has 27 heavy (non-hydrogen) atoms. The summed E-state index contributed by atoms with van der Waals surface area (Å²) < 4.78 is 24.1. The summed E-state index contributed by atoms with van der Waals surface area (Å²) in [6, 6.07) is 9.61. The molecule has 2 heterocycles. The lowest BCUT2D eigenvalue weighted by Crippen LogP contribution is -2.60. The van der Waals surface area contributed by atoms with Crippen molar-refractivity contribution in [3.8, 4) is 0 Å². The lowest BCUT2D eigenvalue weighted by Gasteiger charge is -2.47. The Bertz CT molecular complexity index is 687. The maximum Gasteiger partial charge on any atom is 0.184 e. The number of fused-ring (bicyclic) bond motifs is 1. The molecular weight excluding hydrogens is 348 g/mol. The third-order valence-corrected chi connectivity index (χ3v) is 5.21. The molecule has 7 atom stereocenters. The molecule has 146 valence electrons. The molecule has 0 amide bonds. The fourth-order valence-corrected chi connectivity index (χ4v) is 3.64. The van der Waals surface area contributed by atoms with Crippen molar-refractivity contribution in [1.82, 2.24) is 0 Å². The monoisotopic (exact) mass is 374 g/mol. The molecule has 2 saturated heterocycles. The van der Waals surface area contributed by atoms with E-state index in [1.807, 2.05) is 36.4 Å². The molecule has 3 aliphatic rings. The number of hydrogen-bond donors (Lipinski definition) is 2. The van der Waals surface area contributed by atoms with Gasteiger partial charge in [-0.3, -0.25) is 0 Å². The van der Waals surface area contributed by atoms with E-state index < -0.39 is 37.5 Å². The number of allylic oxidation sites excluding steroid dienone is 2. The summed E-state index contributed by atoms with van der Waals surface area (Å²) in [6.45, 7) is 2.06. The van der Waals surface area contributed by atoms with E-state index in [-0.39, 0.29) is 6.10 Å². The summed E-state index contributed by atoms with van der Waals surface area (Å²) in [5, 5.41) is 19.9. The highest BCUT2D eigenvalue weighted by molar-refractivity contribution is 5.26. The number of benzene rings is 1. The fraction of sp³-hybridized carbons (Fsp3) is 0.524. The zero-order valence-corrected chi connectivity index (χ0v) is 15.3. The topological polar surface area (TPSA) is 77.4 Å². The lowest BCUT2D eigenvalue weighted by atomic mass is 9.96. The fourth-order valence-electron chi connectivity index (χ4n) is 3.64. The van der Waals surface area contributed by atoms with Gasteiger partial charge < -0.3 is 29.2 Å². The minimum Gasteiger partial charge on any atom is -0.394 e. The van der Waals surface area contributed by atoms with Gasteiger partial charge in [0.2, 0.25) is 0 Å². The highest BCUT2D eigenvalue weighted by Crippen LogP contribution is 2.36. The molecular formula is C21H26O6. The van der Waals surface area contributed by atoms with Gasteiger partial charge in [-0.15, -0.1) is 0 Å². The first-order chi connectivity index (χ1) is 13.2. The van der Waals surface area contributed by atoms with Crippen molar-refractivity contribution in [3.63, 3.8) is 0 Å². The summed E-state index contributed by atoms with van der Waals surface area (Å²) in [7, 11) is 0. The molecule has 2 aliphatic heterocycles. The normalized spacial score (nSPS) is 37.4. The van der Waals surface area contributed by atoms with E-state index >= 15 is 0 Å². The first-order valence-electron chi connectivity index (χ1n) is 9.46. The maximum absolute atomic E-state index is 10.3. The Morgan fingerprint density at radius 1 is 1.11 bits per heavy atom. The van der Waals surface area contributed by atoms with Gasteiger partial charge in [-0.2, -0.15) is 0 Å². The van der Waals surface area contributed by atoms with Crippen LogP contribution in [0.25, 0.3) is 0 Å². The van der Waals surface area contributed by atoms with E-state index in [4.69, 9.17) is 18.9 Å². The first kappa shape index (κ1) is 18.8. The Labute approximate surface area is 159 Å². The third-order valence-electron chi connectivity index (χ3n) is 5.21. The molecule has 0 bridgehead atoms. The van der Waals surface area contributed by atoms with Crippen LogP contribution in [0.5, 0.6) is 0 Å². The number of ether oxygens (including phenoxy) is 4. The van der Waals surface area contributed by atoms with Gasteiger partial charge in [0.1, 0.15) is 24.4 Å². The van der Waals surface area contributed by atoms with Gasteiger partial charge in [-0.1, -0.05) is 55.5 Å². The van der Waals surface area contributed by atoms with Crippen LogP contribution in [0.2, 0.25) is 0 Å². The Balaban J connectivity index is 1.53. The second-order valence-electron chi connectivity index (χ2n) is 7.31. The van der Waals surface area contributed by atoms with Gasteiger partial charge in [0, 0.05) is 11.1 Å². The van der Waals surface area contributed by atoms with E-state index in [1.165, 1.54) is 0 Å². The standard InChI is InChI=1S/C21H26O6/c1-13-7-9-15(10-8-13)21-25-17-12-24-20(14-5-3-2-4-6-14)27-19(17)18(26-21)16(23)11-22/h2-7,9-10,13,16-23H,8,11-12H2,1H3/t13-,16-,17+,18-,19-,20?,21?/m1/s1. The Kier molecular flexibility index (Phi) is 5.73. The molecule has 2 unspecified atom stereocenters.